The molecule has 0 unspecified atom stereocenters. The Hall–Kier alpha value is -3.63. The first-order valence-electron chi connectivity index (χ1n) is 10.7. The van der Waals surface area contributed by atoms with Crippen LogP contribution in [0.2, 0.25) is 5.02 Å². The van der Waals surface area contributed by atoms with Crippen molar-refractivity contribution in [3.63, 3.8) is 0 Å². The number of carbonyl (C=O) groups excluding carboxylic acids is 1. The molecule has 0 saturated heterocycles. The van der Waals surface area contributed by atoms with Crippen molar-refractivity contribution in [3.05, 3.63) is 95.8 Å². The SMILES string of the molecule is O=C(NC1CC1)c1ccc(-n2ccc3cnc4ccc(-c5ccc(Cl)cc5)cc4c32)cc1. The van der Waals surface area contributed by atoms with E-state index in [0.717, 1.165) is 56.5 Å². The van der Waals surface area contributed by atoms with Crippen LogP contribution < -0.4 is 5.32 Å². The summed E-state index contributed by atoms with van der Waals surface area (Å²) in [4.78, 5) is 17.0. The van der Waals surface area contributed by atoms with E-state index in [4.69, 9.17) is 11.6 Å². The van der Waals surface area contributed by atoms with Gasteiger partial charge >= 0.3 is 0 Å². The van der Waals surface area contributed by atoms with E-state index in [2.05, 4.69) is 45.3 Å². The van der Waals surface area contributed by atoms with E-state index in [-0.39, 0.29) is 5.91 Å². The Labute approximate surface area is 190 Å². The number of amides is 1. The molecule has 32 heavy (non-hydrogen) atoms. The largest absolute Gasteiger partial charge is 0.349 e. The van der Waals surface area contributed by atoms with Gasteiger partial charge in [-0.15, -0.1) is 0 Å². The van der Waals surface area contributed by atoms with Crippen LogP contribution in [0.15, 0.2) is 85.2 Å². The maximum atomic E-state index is 12.3. The number of pyridine rings is 1. The minimum Gasteiger partial charge on any atom is -0.349 e. The van der Waals surface area contributed by atoms with Gasteiger partial charge in [0, 0.05) is 45.5 Å². The van der Waals surface area contributed by atoms with E-state index in [1.165, 1.54) is 0 Å². The molecule has 0 aliphatic heterocycles. The topological polar surface area (TPSA) is 46.9 Å². The third-order valence-electron chi connectivity index (χ3n) is 6.01. The van der Waals surface area contributed by atoms with Crippen LogP contribution >= 0.6 is 11.6 Å². The van der Waals surface area contributed by atoms with Gasteiger partial charge in [0.15, 0.2) is 0 Å². The first kappa shape index (κ1) is 19.1. The van der Waals surface area contributed by atoms with Crippen molar-refractivity contribution < 1.29 is 4.79 Å². The van der Waals surface area contributed by atoms with Crippen molar-refractivity contribution in [2.24, 2.45) is 0 Å². The number of hydrogen-bond donors (Lipinski definition) is 1. The number of nitrogens with zero attached hydrogens (tertiary/aromatic N) is 2. The van der Waals surface area contributed by atoms with Gasteiger partial charge in [0.2, 0.25) is 0 Å². The van der Waals surface area contributed by atoms with Gasteiger partial charge in [-0.3, -0.25) is 9.78 Å². The molecule has 1 aliphatic carbocycles. The summed E-state index contributed by atoms with van der Waals surface area (Å²) in [7, 11) is 0. The van der Waals surface area contributed by atoms with Gasteiger partial charge in [-0.05, 0) is 78.6 Å². The molecule has 5 heteroatoms. The highest BCUT2D eigenvalue weighted by Gasteiger charge is 2.23. The molecule has 6 rings (SSSR count). The summed E-state index contributed by atoms with van der Waals surface area (Å²) in [6.07, 6.45) is 6.13. The molecule has 5 aromatic rings. The van der Waals surface area contributed by atoms with Crippen molar-refractivity contribution >= 4 is 39.3 Å². The Balaban J connectivity index is 1.45. The zero-order valence-corrected chi connectivity index (χ0v) is 18.0. The molecule has 0 bridgehead atoms. The first-order chi connectivity index (χ1) is 15.7. The molecule has 2 aromatic heterocycles. The molecule has 1 saturated carbocycles. The van der Waals surface area contributed by atoms with Crippen LogP contribution in [0.3, 0.4) is 0 Å². The molecular weight excluding hydrogens is 418 g/mol. The lowest BCUT2D eigenvalue weighted by Crippen LogP contribution is -2.25. The number of hydrogen-bond acceptors (Lipinski definition) is 2. The minimum atomic E-state index is -0.00123. The van der Waals surface area contributed by atoms with E-state index >= 15 is 0 Å². The monoisotopic (exact) mass is 437 g/mol. The Morgan fingerprint density at radius 3 is 2.44 bits per heavy atom. The van der Waals surface area contributed by atoms with E-state index in [1.54, 1.807) is 0 Å². The normalized spacial score (nSPS) is 13.5. The summed E-state index contributed by atoms with van der Waals surface area (Å²) < 4.78 is 2.16. The number of nitrogens with one attached hydrogen (secondary N) is 1. The molecule has 1 amide bonds. The van der Waals surface area contributed by atoms with Crippen LogP contribution in [-0.2, 0) is 0 Å². The van der Waals surface area contributed by atoms with Crippen molar-refractivity contribution in [3.8, 4) is 16.8 Å². The van der Waals surface area contributed by atoms with Crippen molar-refractivity contribution in [1.82, 2.24) is 14.9 Å². The number of rotatable bonds is 4. The standard InChI is InChI=1S/C27H20ClN3O/c28-21-6-1-17(2-7-21)19-5-12-25-24(15-19)26-20(16-29-25)13-14-31(26)23-10-3-18(4-11-23)27(32)30-22-8-9-22/h1-7,10-16,22H,8-9H2,(H,30,32). The predicted octanol–water partition coefficient (Wildman–Crippen LogP) is 6.39. The average Bonchev–Trinajstić information content (AvgIpc) is 3.53. The van der Waals surface area contributed by atoms with Crippen molar-refractivity contribution in [1.29, 1.82) is 0 Å². The van der Waals surface area contributed by atoms with Gasteiger partial charge in [-0.1, -0.05) is 29.8 Å². The summed E-state index contributed by atoms with van der Waals surface area (Å²) in [6.45, 7) is 0. The predicted molar refractivity (Wildman–Crippen MR) is 130 cm³/mol. The summed E-state index contributed by atoms with van der Waals surface area (Å²) in [6, 6.07) is 24.4. The lowest BCUT2D eigenvalue weighted by atomic mass is 10.0. The van der Waals surface area contributed by atoms with E-state index in [0.29, 0.717) is 11.6 Å². The quantitative estimate of drug-likeness (QED) is 0.354. The lowest BCUT2D eigenvalue weighted by molar-refractivity contribution is 0.0951. The zero-order chi connectivity index (χ0) is 21.7. The number of halogens is 1. The Morgan fingerprint density at radius 1 is 0.938 bits per heavy atom. The van der Waals surface area contributed by atoms with Crippen LogP contribution in [0.4, 0.5) is 0 Å². The number of aromatic nitrogens is 2. The molecule has 0 spiro atoms. The maximum Gasteiger partial charge on any atom is 0.251 e. The molecule has 4 nitrogen and oxygen atoms in total. The summed E-state index contributed by atoms with van der Waals surface area (Å²) >= 11 is 6.07. The Bertz CT molecular complexity index is 1470. The molecule has 1 fully saturated rings. The third-order valence-corrected chi connectivity index (χ3v) is 6.26. The highest BCUT2D eigenvalue weighted by molar-refractivity contribution is 6.30. The first-order valence-corrected chi connectivity index (χ1v) is 11.1. The molecule has 0 radical (unpaired) electrons. The van der Waals surface area contributed by atoms with Crippen LogP contribution in [0, 0.1) is 0 Å². The number of carbonyl (C=O) groups is 1. The highest BCUT2D eigenvalue weighted by Crippen LogP contribution is 2.31. The van der Waals surface area contributed by atoms with E-state index in [9.17, 15) is 4.79 Å². The fourth-order valence-corrected chi connectivity index (χ4v) is 4.25. The number of benzene rings is 3. The van der Waals surface area contributed by atoms with Crippen LogP contribution in [0.25, 0.3) is 38.6 Å². The molecule has 0 atom stereocenters. The summed E-state index contributed by atoms with van der Waals surface area (Å²) in [5.41, 5.74) is 5.96. The zero-order valence-electron chi connectivity index (χ0n) is 17.3. The average molecular weight is 438 g/mol. The Kier molecular flexibility index (Phi) is 4.47. The highest BCUT2D eigenvalue weighted by atomic mass is 35.5. The number of fused-ring (bicyclic) bond motifs is 3. The molecule has 2 heterocycles. The molecule has 3 aromatic carbocycles. The molecular formula is C27H20ClN3O. The fraction of sp³-hybridized carbons (Fsp3) is 0.111. The maximum absolute atomic E-state index is 12.3. The molecule has 1 N–H and O–H groups in total. The Morgan fingerprint density at radius 2 is 1.69 bits per heavy atom. The lowest BCUT2D eigenvalue weighted by Gasteiger charge is -2.11. The molecule has 156 valence electrons. The summed E-state index contributed by atoms with van der Waals surface area (Å²) in [5.74, 6) is -0.00123. The van der Waals surface area contributed by atoms with Crippen molar-refractivity contribution in [2.75, 3.05) is 0 Å². The molecule has 1 aliphatic rings. The van der Waals surface area contributed by atoms with Crippen LogP contribution in [0.1, 0.15) is 23.2 Å². The van der Waals surface area contributed by atoms with E-state index < -0.39 is 0 Å². The van der Waals surface area contributed by atoms with Crippen molar-refractivity contribution in [2.45, 2.75) is 18.9 Å². The second-order valence-electron chi connectivity index (χ2n) is 8.28. The van der Waals surface area contributed by atoms with Gasteiger partial charge in [0.25, 0.3) is 5.91 Å². The summed E-state index contributed by atoms with van der Waals surface area (Å²) in [5, 5.41) is 5.91. The van der Waals surface area contributed by atoms with E-state index in [1.807, 2.05) is 54.7 Å². The minimum absolute atomic E-state index is 0.00123. The van der Waals surface area contributed by atoms with Gasteiger partial charge in [0.1, 0.15) is 0 Å². The third kappa shape index (κ3) is 3.43. The van der Waals surface area contributed by atoms with Gasteiger partial charge in [0.05, 0.1) is 11.0 Å². The van der Waals surface area contributed by atoms with Crippen LogP contribution in [-0.4, -0.2) is 21.5 Å². The second kappa shape index (κ2) is 7.50. The van der Waals surface area contributed by atoms with Gasteiger partial charge < -0.3 is 9.88 Å². The van der Waals surface area contributed by atoms with Crippen LogP contribution in [0.5, 0.6) is 0 Å². The van der Waals surface area contributed by atoms with Gasteiger partial charge in [-0.25, -0.2) is 0 Å². The second-order valence-corrected chi connectivity index (χ2v) is 8.72. The smallest absolute Gasteiger partial charge is 0.251 e. The fourth-order valence-electron chi connectivity index (χ4n) is 4.12. The van der Waals surface area contributed by atoms with Gasteiger partial charge in [-0.2, -0.15) is 0 Å².